The van der Waals surface area contributed by atoms with Gasteiger partial charge in [-0.15, -0.1) is 0 Å². The molecule has 132 valence electrons. The van der Waals surface area contributed by atoms with Crippen LogP contribution in [0.15, 0.2) is 40.8 Å². The van der Waals surface area contributed by atoms with Crippen molar-refractivity contribution in [3.05, 3.63) is 47.2 Å². The number of halogens is 1. The van der Waals surface area contributed by atoms with Crippen molar-refractivity contribution in [2.24, 2.45) is 0 Å². The maximum atomic E-state index is 12.6. The minimum absolute atomic E-state index is 0.0183. The van der Waals surface area contributed by atoms with Crippen molar-refractivity contribution in [1.29, 1.82) is 0 Å². The molecule has 1 saturated heterocycles. The van der Waals surface area contributed by atoms with Gasteiger partial charge in [0.15, 0.2) is 5.76 Å². The summed E-state index contributed by atoms with van der Waals surface area (Å²) in [4.78, 5) is 27.8. The Hall–Kier alpha value is -2.31. The first-order valence-electron chi connectivity index (χ1n) is 8.15. The molecule has 1 aromatic heterocycles. The summed E-state index contributed by atoms with van der Waals surface area (Å²) in [6.07, 6.45) is 0. The fraction of sp³-hybridized carbons (Fsp3) is 0.333. The second-order valence-electron chi connectivity index (χ2n) is 5.89. The molecule has 1 aliphatic heterocycles. The Morgan fingerprint density at radius 3 is 2.52 bits per heavy atom. The Morgan fingerprint density at radius 1 is 1.12 bits per heavy atom. The zero-order valence-corrected chi connectivity index (χ0v) is 14.8. The van der Waals surface area contributed by atoms with E-state index < -0.39 is 0 Å². The highest BCUT2D eigenvalue weighted by molar-refractivity contribution is 6.33. The van der Waals surface area contributed by atoms with Gasteiger partial charge in [0.05, 0.1) is 11.6 Å². The smallest absolute Gasteiger partial charge is 0.289 e. The molecule has 0 radical (unpaired) electrons. The van der Waals surface area contributed by atoms with Crippen molar-refractivity contribution in [2.45, 2.75) is 0 Å². The maximum Gasteiger partial charge on any atom is 0.289 e. The molecule has 0 unspecified atom stereocenters. The van der Waals surface area contributed by atoms with Crippen LogP contribution in [0, 0.1) is 0 Å². The third kappa shape index (κ3) is 4.03. The lowest BCUT2D eigenvalue weighted by atomic mass is 10.2. The molecule has 25 heavy (non-hydrogen) atoms. The standard InChI is InChI=1S/C18H20ClN3O3/c1-20-17(23)12-21-8-10-22(11-9-21)18(24)16-7-6-15(25-16)13-4-2-3-5-14(13)19/h2-7H,8-12H2,1H3,(H,20,23). The average molecular weight is 362 g/mol. The minimum atomic E-state index is -0.141. The summed E-state index contributed by atoms with van der Waals surface area (Å²) in [5.74, 6) is 0.718. The normalized spacial score (nSPS) is 15.2. The summed E-state index contributed by atoms with van der Waals surface area (Å²) in [7, 11) is 1.62. The van der Waals surface area contributed by atoms with Gasteiger partial charge in [-0.1, -0.05) is 23.7 Å². The molecule has 0 atom stereocenters. The number of hydrogen-bond donors (Lipinski definition) is 1. The molecule has 2 heterocycles. The molecule has 1 aromatic carbocycles. The minimum Gasteiger partial charge on any atom is -0.451 e. The van der Waals surface area contributed by atoms with Gasteiger partial charge in [-0.3, -0.25) is 14.5 Å². The second-order valence-corrected chi connectivity index (χ2v) is 6.29. The first-order chi connectivity index (χ1) is 12.1. The van der Waals surface area contributed by atoms with Crippen LogP contribution >= 0.6 is 11.6 Å². The molecule has 7 heteroatoms. The zero-order valence-electron chi connectivity index (χ0n) is 14.0. The van der Waals surface area contributed by atoms with Crippen LogP contribution in [0.5, 0.6) is 0 Å². The molecule has 6 nitrogen and oxygen atoms in total. The van der Waals surface area contributed by atoms with Crippen LogP contribution in [0.2, 0.25) is 5.02 Å². The van der Waals surface area contributed by atoms with Crippen LogP contribution < -0.4 is 5.32 Å². The molecule has 1 N–H and O–H groups in total. The Kier molecular flexibility index (Phi) is 5.40. The SMILES string of the molecule is CNC(=O)CN1CCN(C(=O)c2ccc(-c3ccccc3Cl)o2)CC1. The summed E-state index contributed by atoms with van der Waals surface area (Å²) in [5, 5.41) is 3.19. The number of amides is 2. The molecular formula is C18H20ClN3O3. The van der Waals surface area contributed by atoms with Crippen molar-refractivity contribution in [3.8, 4) is 11.3 Å². The molecular weight excluding hydrogens is 342 g/mol. The van der Waals surface area contributed by atoms with Crippen LogP contribution in [0.3, 0.4) is 0 Å². The summed E-state index contributed by atoms with van der Waals surface area (Å²) < 4.78 is 5.72. The zero-order chi connectivity index (χ0) is 17.8. The van der Waals surface area contributed by atoms with Gasteiger partial charge in [0.1, 0.15) is 5.76 Å². The monoisotopic (exact) mass is 361 g/mol. The van der Waals surface area contributed by atoms with Gasteiger partial charge < -0.3 is 14.6 Å². The Balaban J connectivity index is 1.63. The first kappa shape index (κ1) is 17.5. The summed E-state index contributed by atoms with van der Waals surface area (Å²) >= 11 is 6.17. The van der Waals surface area contributed by atoms with Crippen LogP contribution in [0.25, 0.3) is 11.3 Å². The first-order valence-corrected chi connectivity index (χ1v) is 8.53. The molecule has 2 aromatic rings. The number of benzene rings is 1. The number of nitrogens with one attached hydrogen (secondary N) is 1. The van der Waals surface area contributed by atoms with Gasteiger partial charge in [0.25, 0.3) is 5.91 Å². The van der Waals surface area contributed by atoms with E-state index in [9.17, 15) is 9.59 Å². The van der Waals surface area contributed by atoms with Crippen LogP contribution in [-0.4, -0.2) is 61.4 Å². The molecule has 0 aliphatic carbocycles. The predicted octanol–water partition coefficient (Wildman–Crippen LogP) is 2.10. The van der Waals surface area contributed by atoms with E-state index >= 15 is 0 Å². The van der Waals surface area contributed by atoms with Gasteiger partial charge in [-0.25, -0.2) is 0 Å². The second kappa shape index (κ2) is 7.72. The molecule has 0 saturated carbocycles. The third-order valence-electron chi connectivity index (χ3n) is 4.26. The average Bonchev–Trinajstić information content (AvgIpc) is 3.12. The fourth-order valence-electron chi connectivity index (χ4n) is 2.81. The number of carbonyl (C=O) groups is 2. The van der Waals surface area contributed by atoms with Crippen molar-refractivity contribution in [1.82, 2.24) is 15.1 Å². The van der Waals surface area contributed by atoms with Gasteiger partial charge in [0, 0.05) is 38.8 Å². The van der Waals surface area contributed by atoms with E-state index in [1.165, 1.54) is 0 Å². The summed E-state index contributed by atoms with van der Waals surface area (Å²) in [5.41, 5.74) is 0.763. The van der Waals surface area contributed by atoms with Crippen LogP contribution in [0.4, 0.5) is 0 Å². The quantitative estimate of drug-likeness (QED) is 0.905. The molecule has 0 bridgehead atoms. The van der Waals surface area contributed by atoms with E-state index in [1.54, 1.807) is 30.1 Å². The lowest BCUT2D eigenvalue weighted by Gasteiger charge is -2.33. The van der Waals surface area contributed by atoms with E-state index in [-0.39, 0.29) is 11.8 Å². The number of likely N-dealkylation sites (N-methyl/N-ethyl adjacent to an activating group) is 1. The Morgan fingerprint density at radius 2 is 1.84 bits per heavy atom. The van der Waals surface area contributed by atoms with E-state index in [1.807, 2.05) is 23.1 Å². The van der Waals surface area contributed by atoms with Crippen molar-refractivity contribution in [2.75, 3.05) is 39.8 Å². The Labute approximate surface area is 151 Å². The largest absolute Gasteiger partial charge is 0.451 e. The number of carbonyl (C=O) groups excluding carboxylic acids is 2. The van der Waals surface area contributed by atoms with Gasteiger partial charge in [-0.2, -0.15) is 0 Å². The highest BCUT2D eigenvalue weighted by Crippen LogP contribution is 2.29. The molecule has 3 rings (SSSR count). The lowest BCUT2D eigenvalue weighted by Crippen LogP contribution is -2.50. The van der Waals surface area contributed by atoms with Crippen molar-refractivity contribution in [3.63, 3.8) is 0 Å². The fourth-order valence-corrected chi connectivity index (χ4v) is 3.03. The summed E-state index contributed by atoms with van der Waals surface area (Å²) in [6.45, 7) is 2.82. The van der Waals surface area contributed by atoms with Crippen LogP contribution in [-0.2, 0) is 4.79 Å². The maximum absolute atomic E-state index is 12.6. The number of furan rings is 1. The van der Waals surface area contributed by atoms with Crippen LogP contribution in [0.1, 0.15) is 10.6 Å². The highest BCUT2D eigenvalue weighted by Gasteiger charge is 2.25. The van der Waals surface area contributed by atoms with E-state index in [0.29, 0.717) is 49.3 Å². The predicted molar refractivity (Wildman–Crippen MR) is 95.6 cm³/mol. The molecule has 0 spiro atoms. The van der Waals surface area contributed by atoms with Gasteiger partial charge in [-0.05, 0) is 24.3 Å². The number of hydrogen-bond acceptors (Lipinski definition) is 4. The van der Waals surface area contributed by atoms with Gasteiger partial charge in [0.2, 0.25) is 5.91 Å². The molecule has 1 aliphatic rings. The topological polar surface area (TPSA) is 65.8 Å². The van der Waals surface area contributed by atoms with Gasteiger partial charge >= 0.3 is 0 Å². The molecule has 2 amide bonds. The Bertz CT molecular complexity index is 766. The number of rotatable bonds is 4. The molecule has 1 fully saturated rings. The summed E-state index contributed by atoms with van der Waals surface area (Å²) in [6, 6.07) is 10.8. The van der Waals surface area contributed by atoms with Crippen molar-refractivity contribution < 1.29 is 14.0 Å². The van der Waals surface area contributed by atoms with E-state index in [0.717, 1.165) is 5.56 Å². The van der Waals surface area contributed by atoms with E-state index in [4.69, 9.17) is 16.0 Å². The van der Waals surface area contributed by atoms with E-state index in [2.05, 4.69) is 5.32 Å². The lowest BCUT2D eigenvalue weighted by molar-refractivity contribution is -0.122. The number of piperazine rings is 1. The number of nitrogens with zero attached hydrogens (tertiary/aromatic N) is 2. The highest BCUT2D eigenvalue weighted by atomic mass is 35.5. The van der Waals surface area contributed by atoms with Crippen molar-refractivity contribution >= 4 is 23.4 Å². The third-order valence-corrected chi connectivity index (χ3v) is 4.59.